The molecule has 2 aromatic carbocycles. The van der Waals surface area contributed by atoms with E-state index in [0.29, 0.717) is 28.7 Å². The molecule has 2 unspecified atom stereocenters. The van der Waals surface area contributed by atoms with Crippen molar-refractivity contribution in [3.63, 3.8) is 0 Å². The van der Waals surface area contributed by atoms with E-state index in [9.17, 15) is 20.0 Å². The number of rotatable bonds is 5. The fraction of sp³-hybridized carbons (Fsp3) is 0.263. The van der Waals surface area contributed by atoms with Crippen molar-refractivity contribution in [1.82, 2.24) is 10.9 Å². The van der Waals surface area contributed by atoms with Crippen molar-refractivity contribution < 1.29 is 19.6 Å². The van der Waals surface area contributed by atoms with E-state index in [1.807, 2.05) is 0 Å². The minimum atomic E-state index is -0.516. The number of thioether (sulfide) groups is 1. The third kappa shape index (κ3) is 3.82. The van der Waals surface area contributed by atoms with Crippen molar-refractivity contribution in [2.75, 3.05) is 18.6 Å². The van der Waals surface area contributed by atoms with Gasteiger partial charge in [0.1, 0.15) is 17.7 Å². The van der Waals surface area contributed by atoms with Crippen LogP contribution in [0.4, 0.5) is 11.4 Å². The second kappa shape index (κ2) is 8.30. The van der Waals surface area contributed by atoms with Gasteiger partial charge in [-0.2, -0.15) is 0 Å². The van der Waals surface area contributed by atoms with Crippen molar-refractivity contribution in [2.24, 2.45) is 10.9 Å². The summed E-state index contributed by atoms with van der Waals surface area (Å²) < 4.78 is 5.19. The molecular formula is C19H19N5O5S. The number of phenolic OH excluding ortho intramolecular Hbond substituents is 1. The lowest BCUT2D eigenvalue weighted by atomic mass is 10.0. The van der Waals surface area contributed by atoms with Gasteiger partial charge in [0.15, 0.2) is 5.17 Å². The number of phenols is 1. The maximum absolute atomic E-state index is 13.2. The van der Waals surface area contributed by atoms with Gasteiger partial charge in [0.25, 0.3) is 5.69 Å². The molecule has 2 atom stereocenters. The van der Waals surface area contributed by atoms with E-state index in [-0.39, 0.29) is 29.0 Å². The van der Waals surface area contributed by atoms with E-state index < -0.39 is 11.1 Å². The summed E-state index contributed by atoms with van der Waals surface area (Å²) in [7, 11) is 1.57. The molecule has 2 aliphatic rings. The predicted molar refractivity (Wildman–Crippen MR) is 112 cm³/mol. The van der Waals surface area contributed by atoms with Crippen LogP contribution in [0.3, 0.4) is 0 Å². The quantitative estimate of drug-likeness (QED) is 0.486. The first-order valence-electron chi connectivity index (χ1n) is 9.11. The number of nitro benzene ring substituents is 1. The number of carbonyl (C=O) groups excluding carboxylic acids is 1. The second-order valence-corrected chi connectivity index (χ2v) is 7.66. The number of nitrogens with zero attached hydrogens (tertiary/aromatic N) is 3. The summed E-state index contributed by atoms with van der Waals surface area (Å²) in [6.45, 7) is 0.462. The zero-order valence-corrected chi connectivity index (χ0v) is 16.8. The molecule has 3 N–H and O–H groups in total. The van der Waals surface area contributed by atoms with Crippen LogP contribution in [0.25, 0.3) is 0 Å². The van der Waals surface area contributed by atoms with Gasteiger partial charge in [-0.1, -0.05) is 11.8 Å². The fourth-order valence-corrected chi connectivity index (χ4v) is 4.31. The summed E-state index contributed by atoms with van der Waals surface area (Å²) in [6.07, 6.45) is -0.395. The highest BCUT2D eigenvalue weighted by molar-refractivity contribution is 8.13. The molecule has 4 rings (SSSR count). The Morgan fingerprint density at radius 3 is 2.80 bits per heavy atom. The number of aromatic hydroxyl groups is 1. The predicted octanol–water partition coefficient (Wildman–Crippen LogP) is 2.00. The molecule has 10 nitrogen and oxygen atoms in total. The summed E-state index contributed by atoms with van der Waals surface area (Å²) >= 11 is 1.22. The first kappa shape index (κ1) is 20.1. The number of hydrogen-bond donors (Lipinski definition) is 3. The largest absolute Gasteiger partial charge is 0.508 e. The van der Waals surface area contributed by atoms with Crippen molar-refractivity contribution in [3.05, 3.63) is 58.1 Å². The lowest BCUT2D eigenvalue weighted by molar-refractivity contribution is -0.384. The number of methoxy groups -OCH3 is 1. The van der Waals surface area contributed by atoms with Crippen LogP contribution in [0.2, 0.25) is 0 Å². The number of anilines is 1. The van der Waals surface area contributed by atoms with E-state index in [1.165, 1.54) is 34.9 Å². The Kier molecular flexibility index (Phi) is 5.57. The van der Waals surface area contributed by atoms with Crippen LogP contribution in [0.1, 0.15) is 5.56 Å². The minimum Gasteiger partial charge on any atom is -0.508 e. The smallest absolute Gasteiger partial charge is 0.270 e. The van der Waals surface area contributed by atoms with Crippen LogP contribution in [-0.2, 0) is 10.5 Å². The zero-order valence-electron chi connectivity index (χ0n) is 15.9. The molecule has 1 fully saturated rings. The highest BCUT2D eigenvalue weighted by Gasteiger charge is 2.42. The van der Waals surface area contributed by atoms with Gasteiger partial charge in [0.2, 0.25) is 5.91 Å². The lowest BCUT2D eigenvalue weighted by Crippen LogP contribution is -2.49. The molecular weight excluding hydrogens is 410 g/mol. The van der Waals surface area contributed by atoms with Crippen molar-refractivity contribution >= 4 is 34.2 Å². The van der Waals surface area contributed by atoms with Gasteiger partial charge >= 0.3 is 0 Å². The van der Waals surface area contributed by atoms with Crippen LogP contribution in [0.5, 0.6) is 11.5 Å². The lowest BCUT2D eigenvalue weighted by Gasteiger charge is -2.32. The molecule has 30 heavy (non-hydrogen) atoms. The van der Waals surface area contributed by atoms with Crippen LogP contribution >= 0.6 is 11.8 Å². The number of non-ortho nitro benzene ring substituents is 1. The standard InChI is InChI=1S/C19H19N5O5S/c1-29-14-5-2-12(3-6-14)23-18(26)15-9-20-22-17(15)21-19(23)30-10-11-8-13(24(27)28)4-7-16(11)25/h2-8,15,17,20,22,25H,9-10H2,1H3. The van der Waals surface area contributed by atoms with Gasteiger partial charge in [-0.15, -0.1) is 0 Å². The Bertz CT molecular complexity index is 1010. The Hall–Kier alpha value is -3.15. The van der Waals surface area contributed by atoms with Crippen molar-refractivity contribution in [1.29, 1.82) is 0 Å². The molecule has 0 aromatic heterocycles. The van der Waals surface area contributed by atoms with E-state index in [4.69, 9.17) is 4.74 Å². The summed E-state index contributed by atoms with van der Waals surface area (Å²) in [5, 5.41) is 21.6. The number of nitro groups is 1. The average molecular weight is 429 g/mol. The van der Waals surface area contributed by atoms with Gasteiger partial charge < -0.3 is 9.84 Å². The molecule has 1 saturated heterocycles. The van der Waals surface area contributed by atoms with Crippen LogP contribution < -0.4 is 20.5 Å². The van der Waals surface area contributed by atoms with Gasteiger partial charge in [-0.05, 0) is 30.3 Å². The van der Waals surface area contributed by atoms with Crippen LogP contribution in [0, 0.1) is 16.0 Å². The molecule has 0 saturated carbocycles. The molecule has 2 heterocycles. The third-order valence-corrected chi connectivity index (χ3v) is 5.89. The summed E-state index contributed by atoms with van der Waals surface area (Å²) in [5.74, 6) is 0.367. The molecule has 2 aromatic rings. The number of nitrogens with one attached hydrogen (secondary N) is 2. The number of amides is 1. The monoisotopic (exact) mass is 429 g/mol. The van der Waals surface area contributed by atoms with Crippen LogP contribution in [0.15, 0.2) is 47.5 Å². The number of fused-ring (bicyclic) bond motifs is 1. The maximum atomic E-state index is 13.2. The number of carbonyl (C=O) groups is 1. The van der Waals surface area contributed by atoms with Gasteiger partial charge in [0, 0.05) is 30.0 Å². The molecule has 0 aliphatic carbocycles. The van der Waals surface area contributed by atoms with Crippen molar-refractivity contribution in [2.45, 2.75) is 11.9 Å². The van der Waals surface area contributed by atoms with Gasteiger partial charge in [0.05, 0.1) is 23.6 Å². The summed E-state index contributed by atoms with van der Waals surface area (Å²) in [4.78, 5) is 29.9. The topological polar surface area (TPSA) is 129 Å². The van der Waals surface area contributed by atoms with Crippen LogP contribution in [-0.4, -0.2) is 40.9 Å². The van der Waals surface area contributed by atoms with Crippen molar-refractivity contribution in [3.8, 4) is 11.5 Å². The maximum Gasteiger partial charge on any atom is 0.270 e. The number of benzene rings is 2. The van der Waals surface area contributed by atoms with E-state index in [1.54, 1.807) is 31.4 Å². The highest BCUT2D eigenvalue weighted by Crippen LogP contribution is 2.33. The first-order chi connectivity index (χ1) is 14.5. The first-order valence-corrected chi connectivity index (χ1v) is 10.1. The normalized spacial score (nSPS) is 20.6. The van der Waals surface area contributed by atoms with E-state index in [2.05, 4.69) is 15.8 Å². The zero-order chi connectivity index (χ0) is 21.3. The molecule has 0 bridgehead atoms. The Morgan fingerprint density at radius 1 is 1.33 bits per heavy atom. The number of hydrogen-bond acceptors (Lipinski definition) is 9. The number of amidine groups is 1. The molecule has 0 spiro atoms. The van der Waals surface area contributed by atoms with E-state index in [0.717, 1.165) is 0 Å². The Labute approximate surface area is 176 Å². The summed E-state index contributed by atoms with van der Waals surface area (Å²) in [5.41, 5.74) is 6.86. The molecule has 11 heteroatoms. The Balaban J connectivity index is 1.63. The Morgan fingerprint density at radius 2 is 2.10 bits per heavy atom. The summed E-state index contributed by atoms with van der Waals surface area (Å²) in [6, 6.07) is 10.9. The minimum absolute atomic E-state index is 0.0506. The number of ether oxygens (including phenoxy) is 1. The number of aliphatic imine (C=N–C) groups is 1. The molecule has 156 valence electrons. The highest BCUT2D eigenvalue weighted by atomic mass is 32.2. The molecule has 2 aliphatic heterocycles. The van der Waals surface area contributed by atoms with Gasteiger partial charge in [-0.25, -0.2) is 10.4 Å². The number of hydrazine groups is 1. The third-order valence-electron chi connectivity index (χ3n) is 4.89. The second-order valence-electron chi connectivity index (χ2n) is 6.72. The van der Waals surface area contributed by atoms with E-state index >= 15 is 0 Å². The fourth-order valence-electron chi connectivity index (χ4n) is 3.28. The average Bonchev–Trinajstić information content (AvgIpc) is 3.22. The SMILES string of the molecule is COc1ccc(N2C(=O)C3CNNC3N=C2SCc2cc([N+](=O)[O-])ccc2O)cc1. The molecule has 1 amide bonds. The molecule has 0 radical (unpaired) electrons. The van der Waals surface area contributed by atoms with Gasteiger partial charge in [-0.3, -0.25) is 25.2 Å².